The maximum Gasteiger partial charge on any atom is 0.310 e. The number of carboxylic acids is 1. The Kier molecular flexibility index (Phi) is 5.42. The molecule has 0 aliphatic heterocycles. The van der Waals surface area contributed by atoms with Crippen molar-refractivity contribution >= 4 is 5.97 Å². The molecule has 0 saturated carbocycles. The van der Waals surface area contributed by atoms with Gasteiger partial charge in [-0.05, 0) is 30.7 Å². The van der Waals surface area contributed by atoms with Gasteiger partial charge in [-0.2, -0.15) is 0 Å². The molecule has 0 aliphatic rings. The summed E-state index contributed by atoms with van der Waals surface area (Å²) >= 11 is 0. The number of ether oxygens (including phenoxy) is 2. The van der Waals surface area contributed by atoms with Gasteiger partial charge in [-0.1, -0.05) is 0 Å². The molecule has 0 spiro atoms. The third-order valence-corrected chi connectivity index (χ3v) is 2.28. The first-order valence-electron chi connectivity index (χ1n) is 5.23. The van der Waals surface area contributed by atoms with E-state index in [0.717, 1.165) is 0 Å². The van der Waals surface area contributed by atoms with Crippen molar-refractivity contribution in [1.29, 1.82) is 0 Å². The molecule has 0 bridgehead atoms. The van der Waals surface area contributed by atoms with Crippen LogP contribution in [0.15, 0.2) is 24.3 Å². The Morgan fingerprint density at radius 1 is 1.41 bits per heavy atom. The van der Waals surface area contributed by atoms with E-state index in [0.29, 0.717) is 18.8 Å². The summed E-state index contributed by atoms with van der Waals surface area (Å²) in [4.78, 5) is 10.9. The lowest BCUT2D eigenvalue weighted by Crippen LogP contribution is -2.23. The smallest absolute Gasteiger partial charge is 0.310 e. The van der Waals surface area contributed by atoms with E-state index in [9.17, 15) is 9.18 Å². The highest BCUT2D eigenvalue weighted by Gasteiger charge is 2.17. The molecule has 1 N–H and O–H groups in total. The van der Waals surface area contributed by atoms with Gasteiger partial charge in [0, 0.05) is 13.7 Å². The minimum Gasteiger partial charge on any atom is -0.493 e. The lowest BCUT2D eigenvalue weighted by Gasteiger charge is -2.13. The van der Waals surface area contributed by atoms with Crippen LogP contribution >= 0.6 is 0 Å². The molecule has 1 aromatic carbocycles. The van der Waals surface area contributed by atoms with E-state index in [-0.39, 0.29) is 12.4 Å². The molecule has 0 fully saturated rings. The maximum atomic E-state index is 12.6. The summed E-state index contributed by atoms with van der Waals surface area (Å²) in [6.45, 7) is 0.411. The largest absolute Gasteiger partial charge is 0.493 e. The van der Waals surface area contributed by atoms with Crippen molar-refractivity contribution in [3.8, 4) is 5.75 Å². The third kappa shape index (κ3) is 4.82. The average molecular weight is 242 g/mol. The highest BCUT2D eigenvalue weighted by Crippen LogP contribution is 2.13. The summed E-state index contributed by atoms with van der Waals surface area (Å²) in [6.07, 6.45) is 0.382. The molecule has 0 aromatic heterocycles. The molecule has 1 atom stereocenters. The van der Waals surface area contributed by atoms with Gasteiger partial charge in [0.25, 0.3) is 0 Å². The Bertz CT molecular complexity index is 350. The fourth-order valence-electron chi connectivity index (χ4n) is 1.27. The summed E-state index contributed by atoms with van der Waals surface area (Å²) in [6, 6.07) is 5.45. The van der Waals surface area contributed by atoms with Gasteiger partial charge < -0.3 is 14.6 Å². The topological polar surface area (TPSA) is 55.8 Å². The number of carboxylic acid groups (broad SMARTS) is 1. The van der Waals surface area contributed by atoms with Crippen LogP contribution in [0.5, 0.6) is 5.75 Å². The number of benzene rings is 1. The van der Waals surface area contributed by atoms with Gasteiger partial charge in [-0.3, -0.25) is 4.79 Å². The van der Waals surface area contributed by atoms with Crippen LogP contribution in [-0.4, -0.2) is 31.4 Å². The predicted octanol–water partition coefficient (Wildman–Crippen LogP) is 1.94. The van der Waals surface area contributed by atoms with Crippen molar-refractivity contribution in [2.24, 2.45) is 5.92 Å². The minimum atomic E-state index is -0.927. The Morgan fingerprint density at radius 2 is 2.06 bits per heavy atom. The fourth-order valence-corrected chi connectivity index (χ4v) is 1.27. The molecule has 1 unspecified atom stereocenters. The highest BCUT2D eigenvalue weighted by atomic mass is 19.1. The number of rotatable bonds is 7. The van der Waals surface area contributed by atoms with Crippen LogP contribution in [0.3, 0.4) is 0 Å². The molecule has 5 heteroatoms. The number of methoxy groups -OCH3 is 1. The van der Waals surface area contributed by atoms with Crippen LogP contribution in [0.25, 0.3) is 0 Å². The van der Waals surface area contributed by atoms with E-state index in [2.05, 4.69) is 0 Å². The number of aliphatic carboxylic acids is 1. The normalized spacial score (nSPS) is 12.1. The molecular formula is C12H15FO4. The van der Waals surface area contributed by atoms with Crippen LogP contribution < -0.4 is 4.74 Å². The van der Waals surface area contributed by atoms with Crippen LogP contribution in [0.1, 0.15) is 6.42 Å². The molecular weight excluding hydrogens is 227 g/mol. The molecule has 17 heavy (non-hydrogen) atoms. The van der Waals surface area contributed by atoms with Gasteiger partial charge >= 0.3 is 5.97 Å². The van der Waals surface area contributed by atoms with Crippen molar-refractivity contribution in [2.45, 2.75) is 6.42 Å². The van der Waals surface area contributed by atoms with Crippen molar-refractivity contribution in [3.63, 3.8) is 0 Å². The Morgan fingerprint density at radius 3 is 2.59 bits per heavy atom. The lowest BCUT2D eigenvalue weighted by molar-refractivity contribution is -0.143. The van der Waals surface area contributed by atoms with Gasteiger partial charge in [-0.25, -0.2) is 4.39 Å². The van der Waals surface area contributed by atoms with E-state index in [1.165, 1.54) is 31.4 Å². The molecule has 0 aliphatic carbocycles. The maximum absolute atomic E-state index is 12.6. The van der Waals surface area contributed by atoms with Crippen molar-refractivity contribution in [1.82, 2.24) is 0 Å². The van der Waals surface area contributed by atoms with Crippen LogP contribution in [-0.2, 0) is 9.53 Å². The van der Waals surface area contributed by atoms with E-state index in [1.54, 1.807) is 0 Å². The molecule has 0 heterocycles. The SMILES string of the molecule is COCCC(COc1ccc(F)cc1)C(=O)O. The second-order valence-corrected chi connectivity index (χ2v) is 3.58. The third-order valence-electron chi connectivity index (χ3n) is 2.28. The summed E-state index contributed by atoms with van der Waals surface area (Å²) < 4.78 is 22.7. The van der Waals surface area contributed by atoms with Gasteiger partial charge in [-0.15, -0.1) is 0 Å². The summed E-state index contributed by atoms with van der Waals surface area (Å²) in [7, 11) is 1.51. The summed E-state index contributed by atoms with van der Waals surface area (Å²) in [5, 5.41) is 8.93. The zero-order chi connectivity index (χ0) is 12.7. The monoisotopic (exact) mass is 242 g/mol. The number of halogens is 1. The number of hydrogen-bond acceptors (Lipinski definition) is 3. The second kappa shape index (κ2) is 6.85. The summed E-state index contributed by atoms with van der Waals surface area (Å²) in [5.74, 6) is -1.45. The van der Waals surface area contributed by atoms with Crippen molar-refractivity contribution in [3.05, 3.63) is 30.1 Å². The first kappa shape index (κ1) is 13.4. The molecule has 0 radical (unpaired) electrons. The average Bonchev–Trinajstić information content (AvgIpc) is 2.31. The van der Waals surface area contributed by atoms with Crippen LogP contribution in [0, 0.1) is 11.7 Å². The Hall–Kier alpha value is -1.62. The Balaban J connectivity index is 2.45. The lowest BCUT2D eigenvalue weighted by atomic mass is 10.1. The molecule has 1 rings (SSSR count). The van der Waals surface area contributed by atoms with Gasteiger partial charge in [0.05, 0.1) is 5.92 Å². The van der Waals surface area contributed by atoms with E-state index in [4.69, 9.17) is 14.6 Å². The molecule has 1 aromatic rings. The molecule has 0 amide bonds. The van der Waals surface area contributed by atoms with Gasteiger partial charge in [0.2, 0.25) is 0 Å². The number of hydrogen-bond donors (Lipinski definition) is 1. The van der Waals surface area contributed by atoms with Crippen LogP contribution in [0.2, 0.25) is 0 Å². The second-order valence-electron chi connectivity index (χ2n) is 3.58. The fraction of sp³-hybridized carbons (Fsp3) is 0.417. The van der Waals surface area contributed by atoms with Crippen molar-refractivity contribution < 1.29 is 23.8 Å². The van der Waals surface area contributed by atoms with Crippen LogP contribution in [0.4, 0.5) is 4.39 Å². The molecule has 94 valence electrons. The van der Waals surface area contributed by atoms with Crippen molar-refractivity contribution in [2.75, 3.05) is 20.3 Å². The first-order valence-corrected chi connectivity index (χ1v) is 5.23. The van der Waals surface area contributed by atoms with Gasteiger partial charge in [0.1, 0.15) is 18.2 Å². The highest BCUT2D eigenvalue weighted by molar-refractivity contribution is 5.70. The summed E-state index contributed by atoms with van der Waals surface area (Å²) in [5.41, 5.74) is 0. The van der Waals surface area contributed by atoms with E-state index < -0.39 is 11.9 Å². The standard InChI is InChI=1S/C12H15FO4/c1-16-7-6-9(12(14)15)8-17-11-4-2-10(13)3-5-11/h2-5,9H,6-8H2,1H3,(H,14,15). The van der Waals surface area contributed by atoms with Gasteiger partial charge in [0.15, 0.2) is 0 Å². The minimum absolute atomic E-state index is 0.0460. The predicted molar refractivity (Wildman–Crippen MR) is 59.5 cm³/mol. The quantitative estimate of drug-likeness (QED) is 0.793. The van der Waals surface area contributed by atoms with E-state index >= 15 is 0 Å². The first-order chi connectivity index (χ1) is 8.13. The molecule has 0 saturated heterocycles. The zero-order valence-corrected chi connectivity index (χ0v) is 9.56. The van der Waals surface area contributed by atoms with E-state index in [1.807, 2.05) is 0 Å². The molecule has 4 nitrogen and oxygen atoms in total. The number of carbonyl (C=O) groups is 1. The zero-order valence-electron chi connectivity index (χ0n) is 9.56. The Labute approximate surface area is 99.0 Å².